The van der Waals surface area contributed by atoms with E-state index in [1.807, 2.05) is 0 Å². The number of hydrogen-bond acceptors (Lipinski definition) is 5. The zero-order chi connectivity index (χ0) is 14.2. The van der Waals surface area contributed by atoms with Gasteiger partial charge < -0.3 is 15.8 Å². The van der Waals surface area contributed by atoms with Gasteiger partial charge in [-0.25, -0.2) is 4.79 Å². The summed E-state index contributed by atoms with van der Waals surface area (Å²) < 4.78 is 5.27. The quantitative estimate of drug-likeness (QED) is 0.366. The van der Waals surface area contributed by atoms with Crippen molar-refractivity contribution in [1.82, 2.24) is 5.32 Å². The van der Waals surface area contributed by atoms with Gasteiger partial charge in [-0.2, -0.15) is 12.6 Å². The van der Waals surface area contributed by atoms with E-state index in [0.717, 1.165) is 12.8 Å². The molecule has 0 aliphatic heterocycles. The molecule has 0 aromatic carbocycles. The first-order valence-electron chi connectivity index (χ1n) is 6.13. The lowest BCUT2D eigenvalue weighted by Crippen LogP contribution is -2.44. The van der Waals surface area contributed by atoms with Gasteiger partial charge in [0.1, 0.15) is 11.6 Å². The molecule has 0 heterocycles. The first kappa shape index (κ1) is 17.2. The average Bonchev–Trinajstić information content (AvgIpc) is 2.25. The Morgan fingerprint density at radius 2 is 1.94 bits per heavy atom. The number of esters is 1. The molecule has 3 N–H and O–H groups in total. The molecule has 1 amide bonds. The fourth-order valence-electron chi connectivity index (χ4n) is 1.35. The van der Waals surface area contributed by atoms with Gasteiger partial charge in [0.25, 0.3) is 0 Å². The number of amides is 1. The molecule has 106 valence electrons. The highest BCUT2D eigenvalue weighted by molar-refractivity contribution is 7.81. The number of nitrogens with two attached hydrogens (primary N) is 1. The zero-order valence-corrected chi connectivity index (χ0v) is 12.3. The molecule has 0 aliphatic carbocycles. The first-order valence-corrected chi connectivity index (χ1v) is 6.76. The number of unbranched alkanes of at least 4 members (excludes halogenated alkanes) is 1. The maximum absolute atomic E-state index is 11.9. The van der Waals surface area contributed by atoms with Crippen LogP contribution >= 0.6 is 12.6 Å². The third-order valence-electron chi connectivity index (χ3n) is 2.12. The number of hydrogen-bond donors (Lipinski definition) is 3. The molecule has 0 aromatic rings. The third kappa shape index (κ3) is 8.36. The van der Waals surface area contributed by atoms with Gasteiger partial charge in [0.15, 0.2) is 0 Å². The Morgan fingerprint density at radius 1 is 1.33 bits per heavy atom. The van der Waals surface area contributed by atoms with Gasteiger partial charge in [0.05, 0.1) is 5.75 Å². The summed E-state index contributed by atoms with van der Waals surface area (Å²) in [6.45, 7) is 5.95. The van der Waals surface area contributed by atoms with E-state index in [9.17, 15) is 9.59 Å². The van der Waals surface area contributed by atoms with Crippen molar-refractivity contribution in [2.45, 2.75) is 51.7 Å². The predicted molar refractivity (Wildman–Crippen MR) is 74.5 cm³/mol. The maximum Gasteiger partial charge on any atom is 0.329 e. The van der Waals surface area contributed by atoms with Crippen LogP contribution in [0.5, 0.6) is 0 Å². The monoisotopic (exact) mass is 276 g/mol. The molecule has 0 fully saturated rings. The number of carbonyl (C=O) groups is 2. The van der Waals surface area contributed by atoms with Crippen LogP contribution in [-0.4, -0.2) is 35.8 Å². The van der Waals surface area contributed by atoms with Gasteiger partial charge in [0.2, 0.25) is 5.91 Å². The van der Waals surface area contributed by atoms with Crippen molar-refractivity contribution in [1.29, 1.82) is 0 Å². The molecule has 1 unspecified atom stereocenters. The number of thiol groups is 1. The Hall–Kier alpha value is -0.750. The average molecular weight is 276 g/mol. The fraction of sp³-hybridized carbons (Fsp3) is 0.833. The second-order valence-electron chi connectivity index (χ2n) is 5.10. The van der Waals surface area contributed by atoms with Gasteiger partial charge in [-0.3, -0.25) is 4.79 Å². The van der Waals surface area contributed by atoms with E-state index in [1.165, 1.54) is 0 Å². The van der Waals surface area contributed by atoms with E-state index in [2.05, 4.69) is 17.9 Å². The van der Waals surface area contributed by atoms with Gasteiger partial charge >= 0.3 is 5.97 Å². The minimum Gasteiger partial charge on any atom is -0.458 e. The Morgan fingerprint density at radius 3 is 2.39 bits per heavy atom. The molecule has 0 aliphatic rings. The van der Waals surface area contributed by atoms with E-state index in [4.69, 9.17) is 10.5 Å². The van der Waals surface area contributed by atoms with E-state index in [0.29, 0.717) is 13.0 Å². The summed E-state index contributed by atoms with van der Waals surface area (Å²) in [6.07, 6.45) is 2.12. The molecule has 1 atom stereocenters. The molecule has 0 aromatic heterocycles. The predicted octanol–water partition coefficient (Wildman–Crippen LogP) is 0.872. The number of nitrogens with one attached hydrogen (secondary N) is 1. The lowest BCUT2D eigenvalue weighted by molar-refractivity contribution is -0.158. The van der Waals surface area contributed by atoms with Crippen LogP contribution in [0.1, 0.15) is 40.0 Å². The summed E-state index contributed by atoms with van der Waals surface area (Å²) in [5.74, 6) is -0.632. The van der Waals surface area contributed by atoms with E-state index in [1.54, 1.807) is 20.8 Å². The zero-order valence-electron chi connectivity index (χ0n) is 11.4. The van der Waals surface area contributed by atoms with Crippen LogP contribution in [0.3, 0.4) is 0 Å². The Bertz CT molecular complexity index is 277. The molecule has 18 heavy (non-hydrogen) atoms. The molecule has 6 heteroatoms. The lowest BCUT2D eigenvalue weighted by Gasteiger charge is -2.24. The second-order valence-corrected chi connectivity index (χ2v) is 5.41. The fourth-order valence-corrected chi connectivity index (χ4v) is 1.45. The summed E-state index contributed by atoms with van der Waals surface area (Å²) in [5.41, 5.74) is 4.84. The standard InChI is InChI=1S/C12H24N2O3S/c1-12(2,3)17-11(16)9(6-4-5-7-13)14-10(15)8-18/h9,18H,4-8,13H2,1-3H3,(H,14,15). The Balaban J connectivity index is 4.43. The molecular formula is C12H24N2O3S. The van der Waals surface area contributed by atoms with Gasteiger partial charge in [0, 0.05) is 0 Å². The third-order valence-corrected chi connectivity index (χ3v) is 2.40. The Labute approximate surface area is 114 Å². The van der Waals surface area contributed by atoms with E-state index in [-0.39, 0.29) is 11.7 Å². The van der Waals surface area contributed by atoms with Gasteiger partial charge in [-0.1, -0.05) is 0 Å². The minimum absolute atomic E-state index is 0.0518. The van der Waals surface area contributed by atoms with Crippen LogP contribution in [0.4, 0.5) is 0 Å². The summed E-state index contributed by atoms with van der Waals surface area (Å²) >= 11 is 3.87. The normalized spacial score (nSPS) is 12.9. The highest BCUT2D eigenvalue weighted by atomic mass is 32.1. The molecule has 0 radical (unpaired) electrons. The number of rotatable bonds is 7. The van der Waals surface area contributed by atoms with Gasteiger partial charge in [-0.15, -0.1) is 0 Å². The molecule has 0 bridgehead atoms. The van der Waals surface area contributed by atoms with Crippen molar-refractivity contribution in [3.8, 4) is 0 Å². The smallest absolute Gasteiger partial charge is 0.329 e. The van der Waals surface area contributed by atoms with Crippen molar-refractivity contribution in [3.63, 3.8) is 0 Å². The SMILES string of the molecule is CC(C)(C)OC(=O)C(CCCCN)NC(=O)CS. The second kappa shape index (κ2) is 8.37. The number of carbonyl (C=O) groups excluding carboxylic acids is 2. The highest BCUT2D eigenvalue weighted by Gasteiger charge is 2.25. The summed E-state index contributed by atoms with van der Waals surface area (Å²) in [5, 5.41) is 2.62. The minimum atomic E-state index is -0.615. The van der Waals surface area contributed by atoms with E-state index >= 15 is 0 Å². The maximum atomic E-state index is 11.9. The van der Waals surface area contributed by atoms with E-state index < -0.39 is 17.6 Å². The molecule has 0 saturated carbocycles. The highest BCUT2D eigenvalue weighted by Crippen LogP contribution is 2.11. The molecule has 0 rings (SSSR count). The molecule has 0 saturated heterocycles. The topological polar surface area (TPSA) is 81.4 Å². The summed E-state index contributed by atoms with van der Waals surface area (Å²) in [4.78, 5) is 23.2. The largest absolute Gasteiger partial charge is 0.458 e. The molecule has 0 spiro atoms. The van der Waals surface area contributed by atoms with Crippen LogP contribution in [0.2, 0.25) is 0 Å². The lowest BCUT2D eigenvalue weighted by atomic mass is 10.1. The van der Waals surface area contributed by atoms with Crippen LogP contribution in [0.25, 0.3) is 0 Å². The van der Waals surface area contributed by atoms with Crippen molar-refractivity contribution in [2.24, 2.45) is 5.73 Å². The van der Waals surface area contributed by atoms with Crippen molar-refractivity contribution >= 4 is 24.5 Å². The van der Waals surface area contributed by atoms with Crippen molar-refractivity contribution in [3.05, 3.63) is 0 Å². The first-order chi connectivity index (χ1) is 8.30. The Kier molecular flexibility index (Phi) is 8.02. The number of ether oxygens (including phenoxy) is 1. The van der Waals surface area contributed by atoms with Crippen LogP contribution in [0, 0.1) is 0 Å². The van der Waals surface area contributed by atoms with Crippen LogP contribution in [-0.2, 0) is 14.3 Å². The molecular weight excluding hydrogens is 252 g/mol. The van der Waals surface area contributed by atoms with Gasteiger partial charge in [-0.05, 0) is 46.6 Å². The molecule has 5 nitrogen and oxygen atoms in total. The summed E-state index contributed by atoms with van der Waals surface area (Å²) in [6, 6.07) is -0.615. The van der Waals surface area contributed by atoms with Crippen LogP contribution < -0.4 is 11.1 Å². The van der Waals surface area contributed by atoms with Crippen molar-refractivity contribution < 1.29 is 14.3 Å². The van der Waals surface area contributed by atoms with Crippen LogP contribution in [0.15, 0.2) is 0 Å². The van der Waals surface area contributed by atoms with Crippen molar-refractivity contribution in [2.75, 3.05) is 12.3 Å². The summed E-state index contributed by atoms with van der Waals surface area (Å²) in [7, 11) is 0.